The summed E-state index contributed by atoms with van der Waals surface area (Å²) in [5.74, 6) is 2.47. The minimum Gasteiger partial charge on any atom is -0.374 e. The van der Waals surface area contributed by atoms with Crippen molar-refractivity contribution >= 4 is 0 Å². The quantitative estimate of drug-likeness (QED) is 0.746. The fourth-order valence-electron chi connectivity index (χ4n) is 3.04. The first-order valence-corrected chi connectivity index (χ1v) is 7.77. The summed E-state index contributed by atoms with van der Waals surface area (Å²) in [6.07, 6.45) is 6.31. The highest BCUT2D eigenvalue weighted by molar-refractivity contribution is 4.89. The number of nitrogens with one attached hydrogen (secondary N) is 1. The average molecular weight is 255 g/mol. The number of hydrogen-bond acceptors (Lipinski definition) is 2. The Morgan fingerprint density at radius 3 is 2.22 bits per heavy atom. The molecule has 0 aromatic carbocycles. The van der Waals surface area contributed by atoms with Crippen LogP contribution in [-0.2, 0) is 4.74 Å². The van der Waals surface area contributed by atoms with Gasteiger partial charge in [0.2, 0.25) is 0 Å². The molecule has 0 aliphatic heterocycles. The van der Waals surface area contributed by atoms with Crippen LogP contribution in [0.25, 0.3) is 0 Å². The maximum atomic E-state index is 6.29. The fraction of sp³-hybridized carbons (Fsp3) is 1.00. The third kappa shape index (κ3) is 4.89. The zero-order valence-electron chi connectivity index (χ0n) is 13.1. The summed E-state index contributed by atoms with van der Waals surface area (Å²) in [4.78, 5) is 0. The van der Waals surface area contributed by atoms with Gasteiger partial charge < -0.3 is 10.1 Å². The predicted octanol–water partition coefficient (Wildman–Crippen LogP) is 3.85. The second kappa shape index (κ2) is 7.49. The highest BCUT2D eigenvalue weighted by Gasteiger charge is 2.36. The van der Waals surface area contributed by atoms with Gasteiger partial charge in [-0.1, -0.05) is 27.7 Å². The van der Waals surface area contributed by atoms with Crippen molar-refractivity contribution in [3.63, 3.8) is 0 Å². The van der Waals surface area contributed by atoms with Crippen molar-refractivity contribution in [1.82, 2.24) is 5.32 Å². The molecule has 0 atom stereocenters. The van der Waals surface area contributed by atoms with Crippen LogP contribution < -0.4 is 5.32 Å². The second-order valence-electron chi connectivity index (χ2n) is 6.83. The molecule has 1 rings (SSSR count). The van der Waals surface area contributed by atoms with E-state index < -0.39 is 0 Å². The minimum absolute atomic E-state index is 0.120. The van der Waals surface area contributed by atoms with Gasteiger partial charge >= 0.3 is 0 Å². The van der Waals surface area contributed by atoms with E-state index in [0.717, 1.165) is 30.9 Å². The van der Waals surface area contributed by atoms with E-state index in [2.05, 4.69) is 33.0 Å². The molecule has 2 heteroatoms. The zero-order chi connectivity index (χ0) is 13.6. The van der Waals surface area contributed by atoms with Gasteiger partial charge in [0.05, 0.1) is 5.60 Å². The van der Waals surface area contributed by atoms with E-state index >= 15 is 0 Å². The van der Waals surface area contributed by atoms with Crippen LogP contribution in [0.15, 0.2) is 0 Å². The van der Waals surface area contributed by atoms with E-state index in [0.29, 0.717) is 0 Å². The number of likely N-dealkylation sites (N-methyl/N-ethyl adjacent to an activating group) is 1. The summed E-state index contributed by atoms with van der Waals surface area (Å²) >= 11 is 0. The van der Waals surface area contributed by atoms with Crippen molar-refractivity contribution < 1.29 is 4.74 Å². The highest BCUT2D eigenvalue weighted by Crippen LogP contribution is 2.37. The van der Waals surface area contributed by atoms with Crippen LogP contribution in [-0.4, -0.2) is 25.8 Å². The molecule has 2 nitrogen and oxygen atoms in total. The third-order valence-electron chi connectivity index (χ3n) is 4.49. The number of ether oxygens (including phenoxy) is 1. The van der Waals surface area contributed by atoms with Crippen molar-refractivity contribution in [2.45, 2.75) is 65.4 Å². The first-order chi connectivity index (χ1) is 8.49. The highest BCUT2D eigenvalue weighted by atomic mass is 16.5. The molecule has 0 saturated heterocycles. The Bertz CT molecular complexity index is 212. The van der Waals surface area contributed by atoms with Gasteiger partial charge in [0.15, 0.2) is 0 Å². The van der Waals surface area contributed by atoms with Gasteiger partial charge in [-0.3, -0.25) is 0 Å². The molecule has 1 saturated carbocycles. The van der Waals surface area contributed by atoms with E-state index in [1.165, 1.54) is 32.1 Å². The molecule has 0 aromatic rings. The van der Waals surface area contributed by atoms with Gasteiger partial charge in [0.25, 0.3) is 0 Å². The predicted molar refractivity (Wildman–Crippen MR) is 78.9 cm³/mol. The first kappa shape index (κ1) is 16.0. The second-order valence-corrected chi connectivity index (χ2v) is 6.83. The molecular formula is C16H33NO. The zero-order valence-corrected chi connectivity index (χ0v) is 13.1. The van der Waals surface area contributed by atoms with Crippen molar-refractivity contribution in [3.05, 3.63) is 0 Å². The number of hydrogen-bond donors (Lipinski definition) is 1. The van der Waals surface area contributed by atoms with Crippen molar-refractivity contribution in [1.29, 1.82) is 0 Å². The fourth-order valence-corrected chi connectivity index (χ4v) is 3.04. The SMILES string of the molecule is CNCC1(OCCC(C)C)CCC(C(C)C)CC1. The molecule has 0 spiro atoms. The van der Waals surface area contributed by atoms with Gasteiger partial charge in [-0.25, -0.2) is 0 Å². The molecule has 0 amide bonds. The summed E-state index contributed by atoms with van der Waals surface area (Å²) in [5, 5.41) is 3.34. The summed E-state index contributed by atoms with van der Waals surface area (Å²) in [6.45, 7) is 11.2. The van der Waals surface area contributed by atoms with E-state index in [1.54, 1.807) is 0 Å². The summed E-state index contributed by atoms with van der Waals surface area (Å²) < 4.78 is 6.29. The van der Waals surface area contributed by atoms with Crippen molar-refractivity contribution in [2.24, 2.45) is 17.8 Å². The maximum absolute atomic E-state index is 6.29. The lowest BCUT2D eigenvalue weighted by Crippen LogP contribution is -2.45. The lowest BCUT2D eigenvalue weighted by molar-refractivity contribution is -0.0813. The molecule has 0 heterocycles. The van der Waals surface area contributed by atoms with Gasteiger partial charge in [-0.2, -0.15) is 0 Å². The molecule has 0 radical (unpaired) electrons. The molecule has 1 fully saturated rings. The average Bonchev–Trinajstić information content (AvgIpc) is 2.29. The molecule has 1 aliphatic carbocycles. The first-order valence-electron chi connectivity index (χ1n) is 7.77. The summed E-state index contributed by atoms with van der Waals surface area (Å²) in [5.41, 5.74) is 0.120. The lowest BCUT2D eigenvalue weighted by atomic mass is 9.74. The summed E-state index contributed by atoms with van der Waals surface area (Å²) in [6, 6.07) is 0. The molecule has 1 N–H and O–H groups in total. The Morgan fingerprint density at radius 1 is 1.17 bits per heavy atom. The van der Waals surface area contributed by atoms with E-state index in [-0.39, 0.29) is 5.60 Å². The van der Waals surface area contributed by atoms with Crippen LogP contribution in [0.5, 0.6) is 0 Å². The molecule has 18 heavy (non-hydrogen) atoms. The van der Waals surface area contributed by atoms with Crippen LogP contribution in [0.3, 0.4) is 0 Å². The van der Waals surface area contributed by atoms with Gasteiger partial charge in [-0.15, -0.1) is 0 Å². The normalized spacial score (nSPS) is 29.2. The Labute approximate surface area is 114 Å². The van der Waals surface area contributed by atoms with Gasteiger partial charge in [0.1, 0.15) is 0 Å². The van der Waals surface area contributed by atoms with Crippen molar-refractivity contribution in [3.8, 4) is 0 Å². The van der Waals surface area contributed by atoms with Crippen LogP contribution in [0.1, 0.15) is 59.8 Å². The third-order valence-corrected chi connectivity index (χ3v) is 4.49. The Balaban J connectivity index is 2.44. The molecule has 0 bridgehead atoms. The van der Waals surface area contributed by atoms with Crippen LogP contribution in [0.4, 0.5) is 0 Å². The monoisotopic (exact) mass is 255 g/mol. The Hall–Kier alpha value is -0.0800. The lowest BCUT2D eigenvalue weighted by Gasteiger charge is -2.41. The van der Waals surface area contributed by atoms with Gasteiger partial charge in [0, 0.05) is 13.2 Å². The van der Waals surface area contributed by atoms with Crippen LogP contribution >= 0.6 is 0 Å². The maximum Gasteiger partial charge on any atom is 0.0806 e. The standard InChI is InChI=1S/C16H33NO/c1-13(2)8-11-18-16(12-17-5)9-6-15(7-10-16)14(3)4/h13-15,17H,6-12H2,1-5H3. The minimum atomic E-state index is 0.120. The largest absolute Gasteiger partial charge is 0.374 e. The molecule has 0 aromatic heterocycles. The number of rotatable bonds is 7. The van der Waals surface area contributed by atoms with E-state index in [4.69, 9.17) is 4.74 Å². The van der Waals surface area contributed by atoms with E-state index in [1.807, 2.05) is 7.05 Å². The smallest absolute Gasteiger partial charge is 0.0806 e. The summed E-state index contributed by atoms with van der Waals surface area (Å²) in [7, 11) is 2.04. The topological polar surface area (TPSA) is 21.3 Å². The Kier molecular flexibility index (Phi) is 6.65. The van der Waals surface area contributed by atoms with Crippen LogP contribution in [0, 0.1) is 17.8 Å². The Morgan fingerprint density at radius 2 is 1.78 bits per heavy atom. The van der Waals surface area contributed by atoms with E-state index in [9.17, 15) is 0 Å². The molecule has 0 unspecified atom stereocenters. The molecular weight excluding hydrogens is 222 g/mol. The van der Waals surface area contributed by atoms with Crippen molar-refractivity contribution in [2.75, 3.05) is 20.2 Å². The van der Waals surface area contributed by atoms with Gasteiger partial charge in [-0.05, 0) is 56.9 Å². The molecule has 108 valence electrons. The van der Waals surface area contributed by atoms with Crippen LogP contribution in [0.2, 0.25) is 0 Å². The molecule has 1 aliphatic rings.